The van der Waals surface area contributed by atoms with E-state index in [1.165, 1.54) is 11.0 Å². The van der Waals surface area contributed by atoms with Gasteiger partial charge in [0.05, 0.1) is 17.9 Å². The predicted octanol–water partition coefficient (Wildman–Crippen LogP) is 3.16. The number of hydrogen-bond acceptors (Lipinski definition) is 5. The van der Waals surface area contributed by atoms with Crippen LogP contribution in [0, 0.1) is 0 Å². The van der Waals surface area contributed by atoms with Gasteiger partial charge in [0.2, 0.25) is 0 Å². The van der Waals surface area contributed by atoms with Gasteiger partial charge in [-0.25, -0.2) is 14.7 Å². The number of anilines is 1. The van der Waals surface area contributed by atoms with E-state index in [0.29, 0.717) is 24.3 Å². The van der Waals surface area contributed by atoms with Gasteiger partial charge < -0.3 is 4.74 Å². The molecule has 0 saturated carbocycles. The van der Waals surface area contributed by atoms with Gasteiger partial charge in [-0.1, -0.05) is 19.1 Å². The molecule has 1 aromatic carbocycles. The molecule has 6 nitrogen and oxygen atoms in total. The molecule has 25 heavy (non-hydrogen) atoms. The lowest BCUT2D eigenvalue weighted by atomic mass is 10.1. The fraction of sp³-hybridized carbons (Fsp3) is 0.474. The molecule has 0 bridgehead atoms. The number of carbonyl (C=O) groups excluding carboxylic acids is 2. The summed E-state index contributed by atoms with van der Waals surface area (Å²) < 4.78 is 5.38. The zero-order valence-corrected chi connectivity index (χ0v) is 15.2. The van der Waals surface area contributed by atoms with Crippen LogP contribution in [-0.2, 0) is 30.5 Å². The molecule has 1 heterocycles. The number of benzene rings is 1. The molecule has 1 aliphatic rings. The molecule has 0 fully saturated rings. The molecule has 0 aliphatic carbocycles. The maximum Gasteiger partial charge on any atom is 0.261 e. The van der Waals surface area contributed by atoms with Crippen molar-refractivity contribution >= 4 is 17.5 Å². The molecule has 0 N–H and O–H groups in total. The highest BCUT2D eigenvalue weighted by Crippen LogP contribution is 2.22. The van der Waals surface area contributed by atoms with E-state index in [2.05, 4.69) is 0 Å². The average Bonchev–Trinajstić information content (AvgIpc) is 2.84. The summed E-state index contributed by atoms with van der Waals surface area (Å²) in [5, 5.41) is 0. The first-order chi connectivity index (χ1) is 11.8. The Morgan fingerprint density at radius 3 is 2.36 bits per heavy atom. The van der Waals surface area contributed by atoms with Crippen LogP contribution in [0.15, 0.2) is 35.9 Å². The molecule has 0 aromatic heterocycles. The third kappa shape index (κ3) is 5.22. The minimum Gasteiger partial charge on any atom is -0.352 e. The molecule has 2 amide bonds. The van der Waals surface area contributed by atoms with Gasteiger partial charge in [0, 0.05) is 11.6 Å². The van der Waals surface area contributed by atoms with Gasteiger partial charge in [-0.15, -0.1) is 0 Å². The second-order valence-corrected chi connectivity index (χ2v) is 6.56. The summed E-state index contributed by atoms with van der Waals surface area (Å²) in [5.74, 6) is -0.570. The first kappa shape index (κ1) is 19.3. The number of ether oxygens (including phenoxy) is 1. The predicted molar refractivity (Wildman–Crippen MR) is 93.8 cm³/mol. The van der Waals surface area contributed by atoms with Crippen LogP contribution in [0.4, 0.5) is 5.69 Å². The summed E-state index contributed by atoms with van der Waals surface area (Å²) in [6.07, 6.45) is 2.89. The number of amides is 2. The van der Waals surface area contributed by atoms with E-state index in [1.807, 2.05) is 32.9 Å². The number of carbonyl (C=O) groups is 2. The van der Waals surface area contributed by atoms with E-state index in [0.717, 1.165) is 12.0 Å². The summed E-state index contributed by atoms with van der Waals surface area (Å²) in [4.78, 5) is 35.2. The maximum absolute atomic E-state index is 12.0. The Kier molecular flexibility index (Phi) is 6.47. The summed E-state index contributed by atoms with van der Waals surface area (Å²) in [6, 6.07) is 7.29. The van der Waals surface area contributed by atoms with E-state index in [1.54, 1.807) is 19.1 Å². The van der Waals surface area contributed by atoms with Crippen molar-refractivity contribution in [2.75, 3.05) is 18.3 Å². The topological polar surface area (TPSA) is 65.1 Å². The van der Waals surface area contributed by atoms with Gasteiger partial charge >= 0.3 is 0 Å². The van der Waals surface area contributed by atoms with Crippen LogP contribution in [0.1, 0.15) is 39.7 Å². The minimum atomic E-state index is -0.323. The first-order valence-electron chi connectivity index (χ1n) is 8.38. The standard InChI is InChI=1S/C19H25NO5/c1-5-19(3,4)25-24-13-23-11-10-15-6-8-16(9-7-15)20-17(21)12-14(2)18(20)22/h6-9,12H,5,10-11,13H2,1-4H3. The van der Waals surface area contributed by atoms with Crippen LogP contribution < -0.4 is 4.90 Å². The highest BCUT2D eigenvalue weighted by atomic mass is 17.2. The molecule has 1 aromatic rings. The molecule has 1 aliphatic heterocycles. The van der Waals surface area contributed by atoms with Crippen LogP contribution in [-0.4, -0.2) is 30.8 Å². The zero-order chi connectivity index (χ0) is 18.4. The van der Waals surface area contributed by atoms with Crippen molar-refractivity contribution in [2.45, 2.75) is 46.1 Å². The second-order valence-electron chi connectivity index (χ2n) is 6.56. The highest BCUT2D eigenvalue weighted by molar-refractivity contribution is 6.30. The average molecular weight is 347 g/mol. The molecule has 136 valence electrons. The van der Waals surface area contributed by atoms with E-state index in [4.69, 9.17) is 14.5 Å². The Labute approximate surface area is 148 Å². The Hall–Kier alpha value is -2.02. The lowest BCUT2D eigenvalue weighted by molar-refractivity contribution is -0.384. The molecule has 6 heteroatoms. The molecule has 0 spiro atoms. The van der Waals surface area contributed by atoms with Gasteiger partial charge in [-0.05, 0) is 51.3 Å². The fourth-order valence-corrected chi connectivity index (χ4v) is 2.17. The first-order valence-corrected chi connectivity index (χ1v) is 8.38. The highest BCUT2D eigenvalue weighted by Gasteiger charge is 2.29. The zero-order valence-electron chi connectivity index (χ0n) is 15.2. The van der Waals surface area contributed by atoms with Crippen LogP contribution in [0.3, 0.4) is 0 Å². The van der Waals surface area contributed by atoms with Crippen molar-refractivity contribution in [1.29, 1.82) is 0 Å². The van der Waals surface area contributed by atoms with E-state index in [-0.39, 0.29) is 24.2 Å². The molecular weight excluding hydrogens is 322 g/mol. The van der Waals surface area contributed by atoms with Crippen LogP contribution in [0.25, 0.3) is 0 Å². The van der Waals surface area contributed by atoms with Crippen molar-refractivity contribution in [3.8, 4) is 0 Å². The monoisotopic (exact) mass is 347 g/mol. The number of nitrogens with zero attached hydrogens (tertiary/aromatic N) is 1. The van der Waals surface area contributed by atoms with Crippen molar-refractivity contribution in [2.24, 2.45) is 0 Å². The minimum absolute atomic E-state index is 0.0727. The number of hydrogen-bond donors (Lipinski definition) is 0. The van der Waals surface area contributed by atoms with E-state index < -0.39 is 0 Å². The molecule has 2 rings (SSSR count). The second kappa shape index (κ2) is 8.38. The Bertz CT molecular complexity index is 648. The van der Waals surface area contributed by atoms with Crippen molar-refractivity contribution < 1.29 is 24.1 Å². The summed E-state index contributed by atoms with van der Waals surface area (Å²) in [5.41, 5.74) is 1.75. The summed E-state index contributed by atoms with van der Waals surface area (Å²) >= 11 is 0. The van der Waals surface area contributed by atoms with Crippen LogP contribution in [0.5, 0.6) is 0 Å². The largest absolute Gasteiger partial charge is 0.352 e. The van der Waals surface area contributed by atoms with E-state index >= 15 is 0 Å². The normalized spacial score (nSPS) is 15.0. The summed E-state index contributed by atoms with van der Waals surface area (Å²) in [6.45, 7) is 8.11. The van der Waals surface area contributed by atoms with Gasteiger partial charge in [0.15, 0.2) is 6.79 Å². The lowest BCUT2D eigenvalue weighted by Gasteiger charge is -2.21. The van der Waals surface area contributed by atoms with Crippen molar-refractivity contribution in [1.82, 2.24) is 0 Å². The van der Waals surface area contributed by atoms with Crippen LogP contribution in [0.2, 0.25) is 0 Å². The smallest absolute Gasteiger partial charge is 0.261 e. The molecule has 0 radical (unpaired) electrons. The SMILES string of the molecule is CCC(C)(C)OOCOCCc1ccc(N2C(=O)C=C(C)C2=O)cc1. The lowest BCUT2D eigenvalue weighted by Crippen LogP contribution is -2.30. The molecule has 0 saturated heterocycles. The molecule has 0 unspecified atom stereocenters. The maximum atomic E-state index is 12.0. The Morgan fingerprint density at radius 1 is 1.12 bits per heavy atom. The molecular formula is C19H25NO5. The Balaban J connectivity index is 1.74. The third-order valence-electron chi connectivity index (χ3n) is 4.10. The van der Waals surface area contributed by atoms with E-state index in [9.17, 15) is 9.59 Å². The van der Waals surface area contributed by atoms with Crippen molar-refractivity contribution in [3.63, 3.8) is 0 Å². The fourth-order valence-electron chi connectivity index (χ4n) is 2.17. The van der Waals surface area contributed by atoms with Gasteiger partial charge in [-0.3, -0.25) is 9.59 Å². The van der Waals surface area contributed by atoms with Gasteiger partial charge in [-0.2, -0.15) is 0 Å². The van der Waals surface area contributed by atoms with Crippen molar-refractivity contribution in [3.05, 3.63) is 41.5 Å². The number of rotatable bonds is 9. The van der Waals surface area contributed by atoms with Gasteiger partial charge in [0.1, 0.15) is 0 Å². The Morgan fingerprint density at radius 2 is 1.80 bits per heavy atom. The number of imide groups is 1. The quantitative estimate of drug-likeness (QED) is 0.226. The van der Waals surface area contributed by atoms with Gasteiger partial charge in [0.25, 0.3) is 11.8 Å². The molecule has 0 atom stereocenters. The third-order valence-corrected chi connectivity index (χ3v) is 4.10. The summed E-state index contributed by atoms with van der Waals surface area (Å²) in [7, 11) is 0. The van der Waals surface area contributed by atoms with Crippen LogP contribution >= 0.6 is 0 Å².